The Kier molecular flexibility index (Phi) is 9.69. The minimum absolute atomic E-state index is 0.188. The molecule has 3 aromatic rings. The lowest BCUT2D eigenvalue weighted by molar-refractivity contribution is -0.742. The smallest absolute Gasteiger partial charge is 0.291 e. The van der Waals surface area contributed by atoms with E-state index in [2.05, 4.69) is 4.98 Å². The maximum absolute atomic E-state index is 8.36. The fraction of sp³-hybridized carbons (Fsp3) is 0.211. The Morgan fingerprint density at radius 2 is 1.80 bits per heavy atom. The van der Waals surface area contributed by atoms with Gasteiger partial charge in [-0.25, -0.2) is 4.98 Å². The molecule has 1 N–H and O–H groups in total. The van der Waals surface area contributed by atoms with Crippen LogP contribution in [-0.4, -0.2) is 32.6 Å². The molecule has 0 aliphatic heterocycles. The second-order valence-electron chi connectivity index (χ2n) is 5.94. The first-order chi connectivity index (χ1) is 14.3. The summed E-state index contributed by atoms with van der Waals surface area (Å²) < 4.78 is 13.8. The molecule has 0 aliphatic rings. The van der Waals surface area contributed by atoms with Crippen molar-refractivity contribution >= 4 is 34.8 Å². The van der Waals surface area contributed by atoms with Crippen LogP contribution in [0.3, 0.4) is 0 Å². The van der Waals surface area contributed by atoms with E-state index in [1.54, 1.807) is 30.7 Å². The molecular weight excluding hydrogens is 457 g/mol. The summed E-state index contributed by atoms with van der Waals surface area (Å²) >= 11 is 18.0. The quantitative estimate of drug-likeness (QED) is 0.357. The fourth-order valence-corrected chi connectivity index (χ4v) is 2.94. The van der Waals surface area contributed by atoms with E-state index in [-0.39, 0.29) is 6.10 Å². The number of hydrogen-bond acceptors (Lipinski definition) is 5. The highest BCUT2D eigenvalue weighted by atomic mass is 35.5. The monoisotopic (exact) mass is 473 g/mol. The van der Waals surface area contributed by atoms with Gasteiger partial charge < -0.3 is 19.2 Å². The molecule has 1 aromatic heterocycles. The van der Waals surface area contributed by atoms with Crippen molar-refractivity contribution in [1.82, 2.24) is 9.55 Å². The maximum atomic E-state index is 8.36. The van der Waals surface area contributed by atoms with Gasteiger partial charge in [0.05, 0.1) is 24.5 Å². The number of benzene rings is 2. The second-order valence-corrected chi connectivity index (χ2v) is 7.22. The first kappa shape index (κ1) is 23.8. The number of ether oxygens (including phenoxy) is 2. The lowest BCUT2D eigenvalue weighted by Crippen LogP contribution is -2.26. The minimum atomic E-state index is -1.50. The van der Waals surface area contributed by atoms with Crippen LogP contribution in [0.25, 0.3) is 0 Å². The van der Waals surface area contributed by atoms with Gasteiger partial charge in [-0.1, -0.05) is 46.9 Å². The molecule has 0 radical (unpaired) electrons. The zero-order chi connectivity index (χ0) is 21.9. The molecule has 0 bridgehead atoms. The van der Waals surface area contributed by atoms with Gasteiger partial charge in [0.15, 0.2) is 0 Å². The molecule has 1 unspecified atom stereocenters. The molecule has 0 spiro atoms. The summed E-state index contributed by atoms with van der Waals surface area (Å²) in [6.45, 7) is 1.40. The Morgan fingerprint density at radius 1 is 1.13 bits per heavy atom. The van der Waals surface area contributed by atoms with Gasteiger partial charge >= 0.3 is 0 Å². The molecule has 0 aliphatic carbocycles. The maximum Gasteiger partial charge on any atom is 0.291 e. The van der Waals surface area contributed by atoms with Crippen LogP contribution in [0.15, 0.2) is 61.2 Å². The lowest BCUT2D eigenvalue weighted by Gasteiger charge is -2.20. The zero-order valence-electron chi connectivity index (χ0n) is 15.5. The third-order valence-electron chi connectivity index (χ3n) is 3.69. The predicted molar refractivity (Wildman–Crippen MR) is 113 cm³/mol. The largest absolute Gasteiger partial charge is 0.489 e. The second kappa shape index (κ2) is 12.2. The summed E-state index contributed by atoms with van der Waals surface area (Å²) in [5.74, 6) is 0.571. The third-order valence-corrected chi connectivity index (χ3v) is 4.47. The number of nitrogens with zero attached hydrogens (tertiary/aromatic N) is 3. The molecule has 0 fully saturated rings. The van der Waals surface area contributed by atoms with Gasteiger partial charge in [-0.15, -0.1) is 10.1 Å². The van der Waals surface area contributed by atoms with E-state index in [1.807, 2.05) is 35.0 Å². The Hall–Kier alpha value is -2.52. The highest BCUT2D eigenvalue weighted by Crippen LogP contribution is 2.27. The molecule has 11 heteroatoms. The molecule has 0 saturated carbocycles. The van der Waals surface area contributed by atoms with Crippen LogP contribution in [0.2, 0.25) is 15.1 Å². The van der Waals surface area contributed by atoms with Crippen LogP contribution < -0.4 is 4.74 Å². The van der Waals surface area contributed by atoms with Crippen molar-refractivity contribution in [3.05, 3.63) is 91.9 Å². The molecule has 1 heterocycles. The number of rotatable bonds is 8. The Morgan fingerprint density at radius 3 is 2.40 bits per heavy atom. The standard InChI is InChI=1S/C19H17Cl3N2O2.HNO3/c20-15-3-1-14(2-4-15)11-25-17(10-24-8-7-23-13-24)12-26-19-6-5-16(21)9-18(19)22;2-1(3)4/h1-9,13,17H,10-12H2;(H,2,3,4). The average molecular weight is 475 g/mol. The number of halogens is 3. The predicted octanol–water partition coefficient (Wildman–Crippen LogP) is 5.16. The van der Waals surface area contributed by atoms with Crippen molar-refractivity contribution in [2.24, 2.45) is 0 Å². The highest BCUT2D eigenvalue weighted by Gasteiger charge is 2.13. The Balaban J connectivity index is 0.000000735. The van der Waals surface area contributed by atoms with E-state index in [0.29, 0.717) is 40.6 Å². The Bertz CT molecular complexity index is 920. The van der Waals surface area contributed by atoms with Crippen molar-refractivity contribution in [3.8, 4) is 5.75 Å². The number of imidazole rings is 1. The zero-order valence-corrected chi connectivity index (χ0v) is 17.8. The molecule has 30 heavy (non-hydrogen) atoms. The van der Waals surface area contributed by atoms with Crippen LogP contribution in [0.4, 0.5) is 0 Å². The normalized spacial score (nSPS) is 11.3. The van der Waals surface area contributed by atoms with Gasteiger partial charge in [-0.05, 0) is 35.9 Å². The van der Waals surface area contributed by atoms with Crippen LogP contribution in [0.5, 0.6) is 5.75 Å². The van der Waals surface area contributed by atoms with Gasteiger partial charge in [0.2, 0.25) is 0 Å². The van der Waals surface area contributed by atoms with E-state index >= 15 is 0 Å². The summed E-state index contributed by atoms with van der Waals surface area (Å²) in [6, 6.07) is 12.7. The molecule has 3 rings (SSSR count). The summed E-state index contributed by atoms with van der Waals surface area (Å²) in [7, 11) is 0. The van der Waals surface area contributed by atoms with Crippen LogP contribution in [-0.2, 0) is 17.9 Å². The molecule has 0 saturated heterocycles. The van der Waals surface area contributed by atoms with Gasteiger partial charge in [0, 0.05) is 22.4 Å². The first-order valence-corrected chi connectivity index (χ1v) is 9.69. The fourth-order valence-electron chi connectivity index (χ4n) is 2.35. The summed E-state index contributed by atoms with van der Waals surface area (Å²) in [6.07, 6.45) is 5.17. The minimum Gasteiger partial charge on any atom is -0.489 e. The molecule has 8 nitrogen and oxygen atoms in total. The van der Waals surface area contributed by atoms with Crippen molar-refractivity contribution < 1.29 is 19.8 Å². The number of aromatic nitrogens is 2. The van der Waals surface area contributed by atoms with Crippen LogP contribution in [0, 0.1) is 10.1 Å². The van der Waals surface area contributed by atoms with Crippen LogP contribution >= 0.6 is 34.8 Å². The molecule has 0 amide bonds. The van der Waals surface area contributed by atoms with E-state index in [4.69, 9.17) is 59.6 Å². The van der Waals surface area contributed by atoms with Crippen molar-refractivity contribution in [2.45, 2.75) is 19.3 Å². The van der Waals surface area contributed by atoms with Gasteiger partial charge in [0.1, 0.15) is 18.5 Å². The summed E-state index contributed by atoms with van der Waals surface area (Å²) in [5.41, 5.74) is 1.04. The van der Waals surface area contributed by atoms with E-state index < -0.39 is 5.09 Å². The molecule has 160 valence electrons. The molecular formula is C19H18Cl3N3O5. The van der Waals surface area contributed by atoms with Crippen LogP contribution in [0.1, 0.15) is 5.56 Å². The van der Waals surface area contributed by atoms with Crippen molar-refractivity contribution in [3.63, 3.8) is 0 Å². The third kappa shape index (κ3) is 8.87. The topological polar surface area (TPSA) is 99.7 Å². The average Bonchev–Trinajstić information content (AvgIpc) is 3.19. The van der Waals surface area contributed by atoms with Gasteiger partial charge in [0.25, 0.3) is 5.09 Å². The van der Waals surface area contributed by atoms with Gasteiger partial charge in [-0.2, -0.15) is 0 Å². The summed E-state index contributed by atoms with van der Waals surface area (Å²) in [5, 5.41) is 15.4. The lowest BCUT2D eigenvalue weighted by atomic mass is 10.2. The van der Waals surface area contributed by atoms with E-state index in [1.165, 1.54) is 0 Å². The van der Waals surface area contributed by atoms with Gasteiger partial charge in [-0.3, -0.25) is 0 Å². The Labute approximate surface area is 187 Å². The van der Waals surface area contributed by atoms with Crippen molar-refractivity contribution in [2.75, 3.05) is 6.61 Å². The molecule has 2 aromatic carbocycles. The van der Waals surface area contributed by atoms with E-state index in [9.17, 15) is 0 Å². The number of hydrogen-bond donors (Lipinski definition) is 1. The SMILES string of the molecule is Clc1ccc(COC(COc2ccc(Cl)cc2Cl)Cn2ccnc2)cc1.O=[N+]([O-])O. The summed E-state index contributed by atoms with van der Waals surface area (Å²) in [4.78, 5) is 12.4. The molecule has 1 atom stereocenters. The van der Waals surface area contributed by atoms with E-state index in [0.717, 1.165) is 5.56 Å². The first-order valence-electron chi connectivity index (χ1n) is 8.56. The van der Waals surface area contributed by atoms with Crippen molar-refractivity contribution in [1.29, 1.82) is 0 Å². The highest BCUT2D eigenvalue weighted by molar-refractivity contribution is 6.35.